The van der Waals surface area contributed by atoms with Gasteiger partial charge in [-0.3, -0.25) is 0 Å². The number of hydrogen-bond donors (Lipinski definition) is 2. The Morgan fingerprint density at radius 3 is 2.88 bits per heavy atom. The third-order valence-corrected chi connectivity index (χ3v) is 1.95. The zero-order valence-electron chi connectivity index (χ0n) is 9.52. The molecule has 0 saturated heterocycles. The lowest BCUT2D eigenvalue weighted by Gasteiger charge is -2.08. The average molecular weight is 232 g/mol. The molecule has 0 heterocycles. The first kappa shape index (κ1) is 12.5. The molecule has 0 bridgehead atoms. The summed E-state index contributed by atoms with van der Waals surface area (Å²) in [6.07, 6.45) is 1.66. The SMILES string of the molecule is CN/C(=N\C#N)Nc1cccc(C(=O)OC)c1. The third-order valence-electron chi connectivity index (χ3n) is 1.95. The van der Waals surface area contributed by atoms with Crippen molar-refractivity contribution >= 4 is 17.6 Å². The minimum Gasteiger partial charge on any atom is -0.465 e. The van der Waals surface area contributed by atoms with Crippen LogP contribution >= 0.6 is 0 Å². The van der Waals surface area contributed by atoms with Crippen molar-refractivity contribution in [3.8, 4) is 6.19 Å². The average Bonchev–Trinajstić information content (AvgIpc) is 2.37. The van der Waals surface area contributed by atoms with Crippen LogP contribution in [-0.2, 0) is 4.74 Å². The van der Waals surface area contributed by atoms with E-state index in [9.17, 15) is 4.79 Å². The van der Waals surface area contributed by atoms with Crippen LogP contribution in [0.4, 0.5) is 5.69 Å². The number of nitrogens with one attached hydrogen (secondary N) is 2. The van der Waals surface area contributed by atoms with Gasteiger partial charge in [-0.05, 0) is 18.2 Å². The van der Waals surface area contributed by atoms with E-state index in [1.54, 1.807) is 37.5 Å². The summed E-state index contributed by atoms with van der Waals surface area (Å²) in [4.78, 5) is 14.8. The van der Waals surface area contributed by atoms with E-state index in [0.717, 1.165) is 0 Å². The Hall–Kier alpha value is -2.55. The fourth-order valence-corrected chi connectivity index (χ4v) is 1.17. The number of guanidine groups is 1. The molecule has 2 N–H and O–H groups in total. The van der Waals surface area contributed by atoms with Crippen LogP contribution < -0.4 is 10.6 Å². The van der Waals surface area contributed by atoms with E-state index in [4.69, 9.17) is 5.26 Å². The summed E-state index contributed by atoms with van der Waals surface area (Å²) in [5.41, 5.74) is 1.06. The monoisotopic (exact) mass is 232 g/mol. The van der Waals surface area contributed by atoms with E-state index < -0.39 is 5.97 Å². The van der Waals surface area contributed by atoms with E-state index in [1.165, 1.54) is 7.11 Å². The van der Waals surface area contributed by atoms with Crippen LogP contribution in [0.2, 0.25) is 0 Å². The number of hydrogen-bond acceptors (Lipinski definition) is 4. The summed E-state index contributed by atoms with van der Waals surface area (Å²) < 4.78 is 4.61. The largest absolute Gasteiger partial charge is 0.465 e. The quantitative estimate of drug-likeness (QED) is 0.343. The van der Waals surface area contributed by atoms with Gasteiger partial charge in [-0.25, -0.2) is 4.79 Å². The molecule has 6 nitrogen and oxygen atoms in total. The number of nitrogens with zero attached hydrogens (tertiary/aromatic N) is 2. The predicted molar refractivity (Wildman–Crippen MR) is 63.5 cm³/mol. The number of benzene rings is 1. The second kappa shape index (κ2) is 6.12. The minimum absolute atomic E-state index is 0.300. The van der Waals surface area contributed by atoms with Crippen molar-refractivity contribution in [2.45, 2.75) is 0 Å². The first-order valence-electron chi connectivity index (χ1n) is 4.81. The summed E-state index contributed by atoms with van der Waals surface area (Å²) >= 11 is 0. The summed E-state index contributed by atoms with van der Waals surface area (Å²) in [5.74, 6) is -0.119. The number of ether oxygens (including phenoxy) is 1. The summed E-state index contributed by atoms with van der Waals surface area (Å²) in [5, 5.41) is 14.0. The van der Waals surface area contributed by atoms with Crippen molar-refractivity contribution in [2.24, 2.45) is 4.99 Å². The van der Waals surface area contributed by atoms with E-state index in [0.29, 0.717) is 17.2 Å². The molecule has 1 aromatic rings. The standard InChI is InChI=1S/C11H12N4O2/c1-13-11(14-7-12)15-9-5-3-4-8(6-9)10(16)17-2/h3-6H,1-2H3,(H2,13,14,15). The number of nitriles is 1. The van der Waals surface area contributed by atoms with Crippen molar-refractivity contribution in [2.75, 3.05) is 19.5 Å². The third kappa shape index (κ3) is 3.50. The molecule has 6 heteroatoms. The molecule has 0 saturated carbocycles. The fourth-order valence-electron chi connectivity index (χ4n) is 1.17. The molecule has 0 aliphatic heterocycles. The van der Waals surface area contributed by atoms with Gasteiger partial charge in [0.15, 0.2) is 0 Å². The van der Waals surface area contributed by atoms with Crippen LogP contribution in [0.5, 0.6) is 0 Å². The molecule has 0 aliphatic carbocycles. The van der Waals surface area contributed by atoms with Gasteiger partial charge in [0.2, 0.25) is 12.2 Å². The van der Waals surface area contributed by atoms with Gasteiger partial charge in [0.1, 0.15) is 0 Å². The van der Waals surface area contributed by atoms with E-state index in [1.807, 2.05) is 0 Å². The van der Waals surface area contributed by atoms with Gasteiger partial charge >= 0.3 is 5.97 Å². The molecule has 0 atom stereocenters. The van der Waals surface area contributed by atoms with E-state index in [-0.39, 0.29) is 0 Å². The van der Waals surface area contributed by atoms with Gasteiger partial charge in [0, 0.05) is 12.7 Å². The Kier molecular flexibility index (Phi) is 4.51. The van der Waals surface area contributed by atoms with Crippen LogP contribution in [0.25, 0.3) is 0 Å². The highest BCUT2D eigenvalue weighted by atomic mass is 16.5. The molecule has 0 aromatic heterocycles. The van der Waals surface area contributed by atoms with E-state index >= 15 is 0 Å². The lowest BCUT2D eigenvalue weighted by atomic mass is 10.2. The molecular formula is C11H12N4O2. The molecule has 1 aromatic carbocycles. The Morgan fingerprint density at radius 1 is 1.53 bits per heavy atom. The lowest BCUT2D eigenvalue weighted by Crippen LogP contribution is -2.26. The maximum Gasteiger partial charge on any atom is 0.337 e. The number of esters is 1. The van der Waals surface area contributed by atoms with Crippen molar-refractivity contribution in [1.82, 2.24) is 5.32 Å². The van der Waals surface area contributed by atoms with Crippen LogP contribution in [0.1, 0.15) is 10.4 Å². The van der Waals surface area contributed by atoms with Gasteiger partial charge in [0.05, 0.1) is 12.7 Å². The number of anilines is 1. The second-order valence-corrected chi connectivity index (χ2v) is 3.01. The van der Waals surface area contributed by atoms with Crippen molar-refractivity contribution in [3.63, 3.8) is 0 Å². The van der Waals surface area contributed by atoms with E-state index in [2.05, 4.69) is 20.4 Å². The Balaban J connectivity index is 2.90. The minimum atomic E-state index is -0.420. The number of carbonyl (C=O) groups is 1. The Labute approximate surface area is 98.9 Å². The van der Waals surface area contributed by atoms with Crippen molar-refractivity contribution in [1.29, 1.82) is 5.26 Å². The molecule has 0 aliphatic rings. The molecule has 0 unspecified atom stereocenters. The number of rotatable bonds is 2. The van der Waals surface area contributed by atoms with Crippen LogP contribution in [0.3, 0.4) is 0 Å². The topological polar surface area (TPSA) is 86.5 Å². The van der Waals surface area contributed by atoms with Crippen LogP contribution in [0, 0.1) is 11.5 Å². The zero-order valence-corrected chi connectivity index (χ0v) is 9.52. The second-order valence-electron chi connectivity index (χ2n) is 3.01. The summed E-state index contributed by atoms with van der Waals surface area (Å²) in [6.45, 7) is 0. The van der Waals surface area contributed by atoms with Gasteiger partial charge in [0.25, 0.3) is 0 Å². The van der Waals surface area contributed by atoms with Crippen LogP contribution in [0.15, 0.2) is 29.3 Å². The number of carbonyl (C=O) groups excluding carboxylic acids is 1. The van der Waals surface area contributed by atoms with Gasteiger partial charge in [-0.1, -0.05) is 6.07 Å². The smallest absolute Gasteiger partial charge is 0.337 e. The predicted octanol–water partition coefficient (Wildman–Crippen LogP) is 0.942. The lowest BCUT2D eigenvalue weighted by molar-refractivity contribution is 0.0601. The molecule has 0 fully saturated rings. The molecular weight excluding hydrogens is 220 g/mol. The Bertz CT molecular complexity index is 477. The first-order valence-corrected chi connectivity index (χ1v) is 4.81. The first-order chi connectivity index (χ1) is 8.21. The molecule has 0 amide bonds. The van der Waals surface area contributed by atoms with Gasteiger partial charge < -0.3 is 15.4 Å². The van der Waals surface area contributed by atoms with Crippen LogP contribution in [-0.4, -0.2) is 26.1 Å². The summed E-state index contributed by atoms with van der Waals surface area (Å²) in [6, 6.07) is 6.69. The number of aliphatic imine (C=N–C) groups is 1. The molecule has 0 spiro atoms. The highest BCUT2D eigenvalue weighted by Crippen LogP contribution is 2.11. The zero-order chi connectivity index (χ0) is 12.7. The summed E-state index contributed by atoms with van der Waals surface area (Å²) in [7, 11) is 2.95. The van der Waals surface area contributed by atoms with Gasteiger partial charge in [-0.2, -0.15) is 5.26 Å². The normalized spacial score (nSPS) is 10.3. The Morgan fingerprint density at radius 2 is 2.29 bits per heavy atom. The highest BCUT2D eigenvalue weighted by Gasteiger charge is 2.06. The van der Waals surface area contributed by atoms with Gasteiger partial charge in [-0.15, -0.1) is 4.99 Å². The molecule has 1 rings (SSSR count). The van der Waals surface area contributed by atoms with Crippen molar-refractivity contribution in [3.05, 3.63) is 29.8 Å². The highest BCUT2D eigenvalue weighted by molar-refractivity contribution is 5.96. The van der Waals surface area contributed by atoms with Crippen molar-refractivity contribution < 1.29 is 9.53 Å². The molecule has 88 valence electrons. The fraction of sp³-hybridized carbons (Fsp3) is 0.182. The number of methoxy groups -OCH3 is 1. The maximum atomic E-state index is 11.3. The maximum absolute atomic E-state index is 11.3. The molecule has 17 heavy (non-hydrogen) atoms. The molecule has 0 radical (unpaired) electrons.